The van der Waals surface area contributed by atoms with Gasteiger partial charge >= 0.3 is 0 Å². The van der Waals surface area contributed by atoms with E-state index in [4.69, 9.17) is 45.9 Å². The third-order valence-electron chi connectivity index (χ3n) is 12.7. The molecule has 404 valence electrons. The summed E-state index contributed by atoms with van der Waals surface area (Å²) in [6.07, 6.45) is 6.15. The minimum atomic E-state index is -1.38. The van der Waals surface area contributed by atoms with Gasteiger partial charge in [0, 0.05) is 90.2 Å². The lowest BCUT2D eigenvalue weighted by molar-refractivity contribution is -0.135. The van der Waals surface area contributed by atoms with Crippen LogP contribution in [0.2, 0.25) is 0 Å². The van der Waals surface area contributed by atoms with Crippen molar-refractivity contribution in [1.29, 1.82) is 0 Å². The van der Waals surface area contributed by atoms with E-state index in [1.165, 1.54) is 0 Å². The predicted molar refractivity (Wildman–Crippen MR) is 293 cm³/mol. The fourth-order valence-electron chi connectivity index (χ4n) is 8.77. The molecular formula is C51H69N19O6. The minimum absolute atomic E-state index is 0.00512. The van der Waals surface area contributed by atoms with Crippen molar-refractivity contribution < 1.29 is 28.8 Å². The van der Waals surface area contributed by atoms with Crippen LogP contribution >= 0.6 is 0 Å². The third-order valence-corrected chi connectivity index (χ3v) is 12.7. The zero-order chi connectivity index (χ0) is 54.7. The van der Waals surface area contributed by atoms with Crippen LogP contribution in [0.25, 0.3) is 32.7 Å². The van der Waals surface area contributed by atoms with Gasteiger partial charge in [0.2, 0.25) is 35.4 Å². The van der Waals surface area contributed by atoms with Gasteiger partial charge in [0.15, 0.2) is 17.9 Å². The van der Waals surface area contributed by atoms with E-state index in [1.807, 2.05) is 72.8 Å². The Morgan fingerprint density at radius 2 is 0.711 bits per heavy atom. The number of hydrogen-bond donors (Lipinski definition) is 16. The van der Waals surface area contributed by atoms with Crippen molar-refractivity contribution >= 4 is 86.0 Å². The van der Waals surface area contributed by atoms with E-state index < -0.39 is 71.7 Å². The van der Waals surface area contributed by atoms with E-state index in [0.717, 1.165) is 32.7 Å². The van der Waals surface area contributed by atoms with E-state index in [0.29, 0.717) is 23.1 Å². The van der Waals surface area contributed by atoms with Crippen molar-refractivity contribution in [1.82, 2.24) is 41.5 Å². The minimum Gasteiger partial charge on any atom is -0.370 e. The van der Waals surface area contributed by atoms with Gasteiger partial charge in [-0.05, 0) is 73.4 Å². The fraction of sp³-hybridized carbons (Fsp3) is 0.353. The number of amides is 6. The van der Waals surface area contributed by atoms with Crippen LogP contribution < -0.4 is 72.5 Å². The maximum atomic E-state index is 15.1. The molecule has 0 bridgehead atoms. The quantitative estimate of drug-likeness (QED) is 0.0146. The van der Waals surface area contributed by atoms with Crippen molar-refractivity contribution in [3.63, 3.8) is 0 Å². The number of carbonyl (C=O) groups is 6. The average Bonchev–Trinajstić information content (AvgIpc) is 4.13. The molecule has 0 aliphatic heterocycles. The number of aromatic nitrogens is 3. The van der Waals surface area contributed by atoms with Crippen LogP contribution in [0.5, 0.6) is 0 Å². The molecule has 3 aromatic heterocycles. The second kappa shape index (κ2) is 27.2. The number of benzene rings is 3. The number of hydrogen-bond acceptors (Lipinski definition) is 10. The van der Waals surface area contributed by atoms with Gasteiger partial charge in [-0.3, -0.25) is 43.7 Å². The highest BCUT2D eigenvalue weighted by molar-refractivity contribution is 5.98. The first kappa shape index (κ1) is 56.2. The van der Waals surface area contributed by atoms with Gasteiger partial charge in [0.1, 0.15) is 30.2 Å². The standard InChI is InChI=1S/C51H69N19O6/c52-34(13-7-19-60-49(54)55)44(72)68-40(22-28-25-63-35-14-4-1-10-31(28)35)47(75)70-42(24-30-27-65-37-16-6-3-12-33(30)37)48(76)69-41(23-29-26-64-36-15-5-2-11-32(29)36)46(74)67-39(18-9-21-62-51(58)59)45(73)66-38(43(53)71)17-8-20-61-50(56)57/h1-6,10-12,14-16,25-27,34,38-42,63-65H,7-9,13,17-24,52H2,(H2,53,71)(H,66,73)(H,67,74)(H,68,72)(H,69,76)(H,70,75)(H4,54,55,60)(H4,56,57,61)(H4,58,59,62)/t34-,38-,39-,40-,41-,42-/m0/s1. The summed E-state index contributed by atoms with van der Waals surface area (Å²) in [5, 5.41) is 16.4. The summed E-state index contributed by atoms with van der Waals surface area (Å²) in [6, 6.07) is 14.8. The molecule has 0 spiro atoms. The summed E-state index contributed by atoms with van der Waals surface area (Å²) in [5.74, 6) is -4.89. The maximum absolute atomic E-state index is 15.1. The number of fused-ring (bicyclic) bond motifs is 3. The van der Waals surface area contributed by atoms with Gasteiger partial charge in [0.05, 0.1) is 6.04 Å². The number of para-hydroxylation sites is 3. The molecule has 24 N–H and O–H groups in total. The molecule has 0 saturated carbocycles. The molecule has 0 aliphatic carbocycles. The molecular weight excluding hydrogens is 975 g/mol. The number of nitrogens with zero attached hydrogens (tertiary/aromatic N) is 3. The number of nitrogens with two attached hydrogens (primary N) is 8. The fourth-order valence-corrected chi connectivity index (χ4v) is 8.77. The SMILES string of the molecule is NC(=O)[C@H](CCCN=C(N)N)NC(=O)[C@H](CCCN=C(N)N)NC(=O)[C@H](Cc1c[nH]c2ccccc12)NC(=O)[C@H](Cc1c[nH]c2ccccc12)NC(=O)[C@H](Cc1c[nH]c2ccccc12)NC(=O)[C@@H](N)CCCN=C(N)N. The molecule has 6 amide bonds. The Labute approximate surface area is 437 Å². The Hall–Kier alpha value is -9.13. The molecule has 0 unspecified atom stereocenters. The summed E-state index contributed by atoms with van der Waals surface area (Å²) < 4.78 is 0. The number of rotatable bonds is 29. The number of carbonyl (C=O) groups excluding carboxylic acids is 6. The first-order valence-corrected chi connectivity index (χ1v) is 24.8. The van der Waals surface area contributed by atoms with Crippen molar-refractivity contribution in [2.45, 2.75) is 94.0 Å². The molecule has 0 radical (unpaired) electrons. The summed E-state index contributed by atoms with van der Waals surface area (Å²) in [5.41, 5.74) is 49.3. The third kappa shape index (κ3) is 16.2. The molecule has 0 fully saturated rings. The first-order valence-electron chi connectivity index (χ1n) is 24.8. The number of primary amides is 1. The second-order valence-electron chi connectivity index (χ2n) is 18.4. The monoisotopic (exact) mass is 1040 g/mol. The van der Waals surface area contributed by atoms with E-state index in [1.54, 1.807) is 18.6 Å². The first-order chi connectivity index (χ1) is 36.5. The highest BCUT2D eigenvalue weighted by Crippen LogP contribution is 2.23. The summed E-state index contributed by atoms with van der Waals surface area (Å²) in [6.45, 7) is 0.490. The summed E-state index contributed by atoms with van der Waals surface area (Å²) in [4.78, 5) is 107. The van der Waals surface area contributed by atoms with Crippen LogP contribution in [0, 0.1) is 0 Å². The van der Waals surface area contributed by atoms with Crippen molar-refractivity contribution in [2.75, 3.05) is 19.6 Å². The highest BCUT2D eigenvalue weighted by Gasteiger charge is 2.34. The van der Waals surface area contributed by atoms with E-state index >= 15 is 4.79 Å². The summed E-state index contributed by atoms with van der Waals surface area (Å²) >= 11 is 0. The van der Waals surface area contributed by atoms with Crippen molar-refractivity contribution in [2.24, 2.45) is 60.8 Å². The number of aliphatic imine (C=N–C) groups is 3. The van der Waals surface area contributed by atoms with Crippen LogP contribution in [0.1, 0.15) is 55.2 Å². The smallest absolute Gasteiger partial charge is 0.243 e. The Kier molecular flexibility index (Phi) is 20.1. The Bertz CT molecular complexity index is 3060. The molecule has 3 aromatic carbocycles. The average molecular weight is 1040 g/mol. The molecule has 6 aromatic rings. The van der Waals surface area contributed by atoms with E-state index in [2.05, 4.69) is 56.5 Å². The molecule has 76 heavy (non-hydrogen) atoms. The van der Waals surface area contributed by atoms with E-state index in [9.17, 15) is 24.0 Å². The Morgan fingerprint density at radius 1 is 0.408 bits per heavy atom. The molecule has 0 saturated heterocycles. The number of H-pyrrole nitrogens is 3. The molecule has 25 heteroatoms. The van der Waals surface area contributed by atoms with Gasteiger partial charge in [-0.25, -0.2) is 0 Å². The predicted octanol–water partition coefficient (Wildman–Crippen LogP) is -1.44. The van der Waals surface area contributed by atoms with Crippen molar-refractivity contribution in [3.8, 4) is 0 Å². The number of nitrogens with one attached hydrogen (secondary N) is 8. The van der Waals surface area contributed by atoms with Crippen LogP contribution in [0.15, 0.2) is 106 Å². The molecule has 0 aliphatic rings. The lowest BCUT2D eigenvalue weighted by Gasteiger charge is -2.27. The van der Waals surface area contributed by atoms with Gasteiger partial charge < -0.3 is 87.4 Å². The number of aromatic amines is 3. The molecule has 6 rings (SSSR count). The zero-order valence-electron chi connectivity index (χ0n) is 42.0. The molecule has 6 atom stereocenters. The van der Waals surface area contributed by atoms with Crippen LogP contribution in [-0.4, -0.2) is 124 Å². The van der Waals surface area contributed by atoms with Gasteiger partial charge in [-0.2, -0.15) is 0 Å². The van der Waals surface area contributed by atoms with Crippen LogP contribution in [-0.2, 0) is 48.0 Å². The normalized spacial score (nSPS) is 13.5. The second-order valence-corrected chi connectivity index (χ2v) is 18.4. The van der Waals surface area contributed by atoms with Gasteiger partial charge in [-0.1, -0.05) is 54.6 Å². The largest absolute Gasteiger partial charge is 0.370 e. The van der Waals surface area contributed by atoms with Gasteiger partial charge in [0.25, 0.3) is 0 Å². The lowest BCUT2D eigenvalue weighted by Crippen LogP contribution is -2.60. The van der Waals surface area contributed by atoms with Crippen LogP contribution in [0.4, 0.5) is 0 Å². The molecule has 25 nitrogen and oxygen atoms in total. The van der Waals surface area contributed by atoms with Gasteiger partial charge in [-0.15, -0.1) is 0 Å². The zero-order valence-corrected chi connectivity index (χ0v) is 42.0. The Morgan fingerprint density at radius 3 is 1.08 bits per heavy atom. The summed E-state index contributed by atoms with van der Waals surface area (Å²) in [7, 11) is 0. The maximum Gasteiger partial charge on any atom is 0.243 e. The Balaban J connectivity index is 1.33. The highest BCUT2D eigenvalue weighted by atomic mass is 16.2. The van der Waals surface area contributed by atoms with Crippen LogP contribution in [0.3, 0.4) is 0 Å². The van der Waals surface area contributed by atoms with E-state index in [-0.39, 0.29) is 88.9 Å². The topological polar surface area (TPSA) is 455 Å². The van der Waals surface area contributed by atoms with Crippen molar-refractivity contribution in [3.05, 3.63) is 108 Å². The number of guanidine groups is 3. The lowest BCUT2D eigenvalue weighted by atomic mass is 9.99. The molecule has 3 heterocycles.